The van der Waals surface area contributed by atoms with Gasteiger partial charge in [-0.25, -0.2) is 14.3 Å². The highest BCUT2D eigenvalue weighted by Crippen LogP contribution is 2.36. The highest BCUT2D eigenvalue weighted by atomic mass is 16.6. The molecule has 0 fully saturated rings. The maximum absolute atomic E-state index is 12.4. The minimum atomic E-state index is -0.705. The molecule has 3 N–H and O–H groups in total. The molecule has 0 aliphatic rings. The van der Waals surface area contributed by atoms with E-state index < -0.39 is 12.1 Å². The Kier molecular flexibility index (Phi) is 7.11. The van der Waals surface area contributed by atoms with Crippen molar-refractivity contribution in [3.63, 3.8) is 0 Å². The topological polar surface area (TPSA) is 108 Å². The number of rotatable bonds is 7. The minimum absolute atomic E-state index is 0.109. The monoisotopic (exact) mass is 470 g/mol. The number of ether oxygens (including phenoxy) is 2. The van der Waals surface area contributed by atoms with Crippen LogP contribution in [0.1, 0.15) is 16.7 Å². The third-order valence-electron chi connectivity index (χ3n) is 5.45. The lowest BCUT2D eigenvalue weighted by Crippen LogP contribution is -2.32. The van der Waals surface area contributed by atoms with Gasteiger partial charge in [0.25, 0.3) is 0 Å². The molecule has 0 unspecified atom stereocenters. The van der Waals surface area contributed by atoms with Gasteiger partial charge in [0, 0.05) is 23.0 Å². The van der Waals surface area contributed by atoms with Crippen molar-refractivity contribution in [1.29, 1.82) is 0 Å². The maximum atomic E-state index is 12.4. The molecule has 1 heterocycles. The van der Waals surface area contributed by atoms with Crippen LogP contribution in [0.4, 0.5) is 10.5 Å². The van der Waals surface area contributed by atoms with Gasteiger partial charge in [0.15, 0.2) is 0 Å². The number of amides is 1. The lowest BCUT2D eigenvalue weighted by atomic mass is 10.0. The first-order chi connectivity index (χ1) is 16.9. The predicted octanol–water partition coefficient (Wildman–Crippen LogP) is 4.57. The predicted molar refractivity (Wildman–Crippen MR) is 133 cm³/mol. The Morgan fingerprint density at radius 1 is 1.00 bits per heavy atom. The standard InChI is InChI=1S/C27H26N4O4/c1-18-15-22(23-13-14-31(30-23)21-11-7-4-8-12-21)25(28)19(2)26(18)35-24(32)16-29-27(33)34-17-20-9-5-3-6-10-20/h3-15H,16-17,28H2,1-2H3,(H,29,33). The third-order valence-corrected chi connectivity index (χ3v) is 5.45. The molecule has 4 rings (SSSR count). The van der Waals surface area contributed by atoms with Crippen LogP contribution in [-0.4, -0.2) is 28.4 Å². The Morgan fingerprint density at radius 2 is 1.69 bits per heavy atom. The Labute approximate surface area is 203 Å². The highest BCUT2D eigenvalue weighted by molar-refractivity contribution is 5.83. The molecule has 3 aromatic carbocycles. The van der Waals surface area contributed by atoms with Crippen LogP contribution in [0.25, 0.3) is 16.9 Å². The van der Waals surface area contributed by atoms with Gasteiger partial charge in [0.05, 0.1) is 11.4 Å². The molecule has 0 atom stereocenters. The van der Waals surface area contributed by atoms with Crippen LogP contribution in [0.3, 0.4) is 0 Å². The summed E-state index contributed by atoms with van der Waals surface area (Å²) in [7, 11) is 0. The normalized spacial score (nSPS) is 10.6. The van der Waals surface area contributed by atoms with Gasteiger partial charge < -0.3 is 20.5 Å². The number of benzene rings is 3. The highest BCUT2D eigenvalue weighted by Gasteiger charge is 2.18. The summed E-state index contributed by atoms with van der Waals surface area (Å²) in [5.74, 6) is -0.272. The van der Waals surface area contributed by atoms with E-state index in [1.807, 2.05) is 85.9 Å². The average Bonchev–Trinajstić information content (AvgIpc) is 3.37. The molecular formula is C27H26N4O4. The van der Waals surface area contributed by atoms with Crippen LogP contribution in [0.15, 0.2) is 79.0 Å². The van der Waals surface area contributed by atoms with E-state index in [0.717, 1.165) is 22.4 Å². The molecular weight excluding hydrogens is 444 g/mol. The molecule has 0 aliphatic heterocycles. The van der Waals surface area contributed by atoms with E-state index >= 15 is 0 Å². The first-order valence-electron chi connectivity index (χ1n) is 11.1. The zero-order valence-electron chi connectivity index (χ0n) is 19.5. The first kappa shape index (κ1) is 23.6. The van der Waals surface area contributed by atoms with Crippen LogP contribution >= 0.6 is 0 Å². The molecule has 1 amide bonds. The fraction of sp³-hybridized carbons (Fsp3) is 0.148. The summed E-state index contributed by atoms with van der Waals surface area (Å²) in [6, 6.07) is 22.7. The molecule has 4 aromatic rings. The van der Waals surface area contributed by atoms with E-state index in [-0.39, 0.29) is 13.2 Å². The van der Waals surface area contributed by atoms with Crippen LogP contribution in [0.5, 0.6) is 5.75 Å². The fourth-order valence-electron chi connectivity index (χ4n) is 3.61. The molecule has 35 heavy (non-hydrogen) atoms. The van der Waals surface area contributed by atoms with Crippen LogP contribution in [0, 0.1) is 13.8 Å². The lowest BCUT2D eigenvalue weighted by molar-refractivity contribution is -0.133. The SMILES string of the molecule is Cc1cc(-c2ccn(-c3ccccc3)n2)c(N)c(C)c1OC(=O)CNC(=O)OCc1ccccc1. The molecule has 0 radical (unpaired) electrons. The number of hydrogen-bond acceptors (Lipinski definition) is 6. The molecule has 8 heteroatoms. The molecule has 0 spiro atoms. The number of carbonyl (C=O) groups is 2. The van der Waals surface area contributed by atoms with E-state index in [9.17, 15) is 9.59 Å². The second-order valence-corrected chi connectivity index (χ2v) is 7.98. The van der Waals surface area contributed by atoms with Crippen LogP contribution < -0.4 is 15.8 Å². The van der Waals surface area contributed by atoms with Gasteiger partial charge in [0.1, 0.15) is 18.9 Å². The lowest BCUT2D eigenvalue weighted by Gasteiger charge is -2.15. The molecule has 1 aromatic heterocycles. The minimum Gasteiger partial charge on any atom is -0.445 e. The van der Waals surface area contributed by atoms with E-state index in [1.165, 1.54) is 0 Å². The number of nitrogens with one attached hydrogen (secondary N) is 1. The number of alkyl carbamates (subject to hydrolysis) is 1. The molecule has 0 saturated heterocycles. The number of nitrogen functional groups attached to an aromatic ring is 1. The average molecular weight is 471 g/mol. The Morgan fingerprint density at radius 3 is 2.40 bits per heavy atom. The number of nitrogens with two attached hydrogens (primary N) is 1. The summed E-state index contributed by atoms with van der Waals surface area (Å²) >= 11 is 0. The quantitative estimate of drug-likeness (QED) is 0.233. The van der Waals surface area contributed by atoms with Crippen molar-refractivity contribution in [3.8, 4) is 22.7 Å². The first-order valence-corrected chi connectivity index (χ1v) is 11.1. The Hall–Kier alpha value is -4.59. The summed E-state index contributed by atoms with van der Waals surface area (Å²) in [5, 5.41) is 7.04. The Balaban J connectivity index is 1.40. The van der Waals surface area contributed by atoms with Crippen molar-refractivity contribution >= 4 is 17.7 Å². The summed E-state index contributed by atoms with van der Waals surface area (Å²) in [6.45, 7) is 3.38. The van der Waals surface area contributed by atoms with Crippen molar-refractivity contribution in [3.05, 3.63) is 95.7 Å². The largest absolute Gasteiger partial charge is 0.445 e. The van der Waals surface area contributed by atoms with Crippen molar-refractivity contribution in [1.82, 2.24) is 15.1 Å². The van der Waals surface area contributed by atoms with Gasteiger partial charge in [-0.1, -0.05) is 48.5 Å². The number of anilines is 1. The van der Waals surface area contributed by atoms with Crippen molar-refractivity contribution in [2.75, 3.05) is 12.3 Å². The number of hydrogen-bond donors (Lipinski definition) is 2. The van der Waals surface area contributed by atoms with E-state index in [4.69, 9.17) is 15.2 Å². The van der Waals surface area contributed by atoms with Gasteiger partial charge in [0.2, 0.25) is 0 Å². The Bertz CT molecular complexity index is 1330. The fourth-order valence-corrected chi connectivity index (χ4v) is 3.61. The summed E-state index contributed by atoms with van der Waals surface area (Å²) in [6.07, 6.45) is 1.16. The van der Waals surface area contributed by atoms with E-state index in [0.29, 0.717) is 22.7 Å². The number of nitrogens with zero attached hydrogens (tertiary/aromatic N) is 2. The molecule has 8 nitrogen and oxygen atoms in total. The summed E-state index contributed by atoms with van der Waals surface area (Å²) in [5.41, 5.74) is 11.4. The smallest absolute Gasteiger partial charge is 0.407 e. The summed E-state index contributed by atoms with van der Waals surface area (Å²) < 4.78 is 12.4. The molecule has 0 saturated carbocycles. The van der Waals surface area contributed by atoms with Crippen LogP contribution in [0.2, 0.25) is 0 Å². The maximum Gasteiger partial charge on any atom is 0.407 e. The molecule has 0 bridgehead atoms. The number of para-hydroxylation sites is 1. The van der Waals surface area contributed by atoms with Gasteiger partial charge in [-0.05, 0) is 49.2 Å². The summed E-state index contributed by atoms with van der Waals surface area (Å²) in [4.78, 5) is 24.3. The second-order valence-electron chi connectivity index (χ2n) is 7.98. The number of aryl methyl sites for hydroxylation is 1. The molecule has 178 valence electrons. The van der Waals surface area contributed by atoms with Gasteiger partial charge in [-0.3, -0.25) is 0 Å². The van der Waals surface area contributed by atoms with Gasteiger partial charge >= 0.3 is 12.1 Å². The van der Waals surface area contributed by atoms with Crippen LogP contribution in [-0.2, 0) is 16.1 Å². The number of aromatic nitrogens is 2. The van der Waals surface area contributed by atoms with Crippen molar-refractivity contribution in [2.45, 2.75) is 20.5 Å². The number of esters is 1. The molecule has 0 aliphatic carbocycles. The zero-order chi connectivity index (χ0) is 24.8. The third kappa shape index (κ3) is 5.67. The van der Waals surface area contributed by atoms with E-state index in [2.05, 4.69) is 10.4 Å². The second kappa shape index (κ2) is 10.6. The number of carbonyl (C=O) groups excluding carboxylic acids is 2. The van der Waals surface area contributed by atoms with Gasteiger partial charge in [-0.2, -0.15) is 5.10 Å². The van der Waals surface area contributed by atoms with E-state index in [1.54, 1.807) is 11.6 Å². The van der Waals surface area contributed by atoms with Gasteiger partial charge in [-0.15, -0.1) is 0 Å². The zero-order valence-corrected chi connectivity index (χ0v) is 19.5. The van der Waals surface area contributed by atoms with Crippen molar-refractivity contribution in [2.24, 2.45) is 0 Å². The van der Waals surface area contributed by atoms with Crippen molar-refractivity contribution < 1.29 is 19.1 Å².